The second kappa shape index (κ2) is 8.62. The van der Waals surface area contributed by atoms with Gasteiger partial charge < -0.3 is 15.5 Å². The largest absolute Gasteiger partial charge is 0.441 e. The Bertz CT molecular complexity index is 1230. The minimum atomic E-state index is -0.602. The molecule has 2 amide bonds. The first-order valence-corrected chi connectivity index (χ1v) is 9.45. The monoisotopic (exact) mass is 419 g/mol. The van der Waals surface area contributed by atoms with Gasteiger partial charge in [0.2, 0.25) is 5.91 Å². The van der Waals surface area contributed by atoms with E-state index in [0.717, 1.165) is 0 Å². The molecule has 31 heavy (non-hydrogen) atoms. The number of aryl methyl sites for hydroxylation is 1. The van der Waals surface area contributed by atoms with E-state index in [1.165, 1.54) is 23.0 Å². The Morgan fingerprint density at radius 2 is 1.87 bits per heavy atom. The van der Waals surface area contributed by atoms with Crippen LogP contribution in [0.25, 0.3) is 17.0 Å². The predicted molar refractivity (Wildman–Crippen MR) is 111 cm³/mol. The lowest BCUT2D eigenvalue weighted by molar-refractivity contribution is -0.116. The van der Waals surface area contributed by atoms with Crippen LogP contribution in [-0.4, -0.2) is 26.6 Å². The van der Waals surface area contributed by atoms with Gasteiger partial charge in [-0.2, -0.15) is 5.10 Å². The Balaban J connectivity index is 1.33. The van der Waals surface area contributed by atoms with E-state index < -0.39 is 11.7 Å². The van der Waals surface area contributed by atoms with Crippen LogP contribution in [0.5, 0.6) is 0 Å². The summed E-state index contributed by atoms with van der Waals surface area (Å²) in [7, 11) is 0. The smallest absolute Gasteiger partial charge is 0.269 e. The molecule has 0 spiro atoms. The molecule has 0 unspecified atom stereocenters. The number of benzene rings is 2. The SMILES string of the molecule is NC(=O)c1ccn(-c2ccc(NC(=O)CCc3ncc(-c4ccccc4F)o3)cc2)n1. The lowest BCUT2D eigenvalue weighted by atomic mass is 10.2. The molecular formula is C22H18FN5O3. The van der Waals surface area contributed by atoms with Crippen LogP contribution in [0.4, 0.5) is 10.1 Å². The number of hydrogen-bond acceptors (Lipinski definition) is 5. The second-order valence-electron chi connectivity index (χ2n) is 6.70. The van der Waals surface area contributed by atoms with Gasteiger partial charge in [-0.05, 0) is 42.5 Å². The topological polar surface area (TPSA) is 116 Å². The Labute approximate surface area is 176 Å². The van der Waals surface area contributed by atoms with Crippen LogP contribution < -0.4 is 11.1 Å². The number of nitrogens with one attached hydrogen (secondary N) is 1. The van der Waals surface area contributed by atoms with Crippen molar-refractivity contribution in [2.75, 3.05) is 5.32 Å². The Hall–Kier alpha value is -4.27. The number of nitrogens with two attached hydrogens (primary N) is 1. The summed E-state index contributed by atoms with van der Waals surface area (Å²) in [4.78, 5) is 27.5. The minimum absolute atomic E-state index is 0.153. The van der Waals surface area contributed by atoms with E-state index in [1.807, 2.05) is 0 Å². The molecule has 156 valence electrons. The molecule has 0 fully saturated rings. The quantitative estimate of drug-likeness (QED) is 0.477. The van der Waals surface area contributed by atoms with Gasteiger partial charge in [-0.25, -0.2) is 14.1 Å². The van der Waals surface area contributed by atoms with Gasteiger partial charge in [0.15, 0.2) is 11.7 Å². The van der Waals surface area contributed by atoms with Gasteiger partial charge in [0.25, 0.3) is 5.91 Å². The molecule has 2 aromatic heterocycles. The summed E-state index contributed by atoms with van der Waals surface area (Å²) < 4.78 is 20.9. The summed E-state index contributed by atoms with van der Waals surface area (Å²) in [6.45, 7) is 0. The number of carbonyl (C=O) groups is 2. The summed E-state index contributed by atoms with van der Waals surface area (Å²) in [5.74, 6) is -0.537. The molecule has 0 bridgehead atoms. The van der Waals surface area contributed by atoms with Crippen molar-refractivity contribution in [3.8, 4) is 17.0 Å². The van der Waals surface area contributed by atoms with Crippen LogP contribution in [0.3, 0.4) is 0 Å². The highest BCUT2D eigenvalue weighted by molar-refractivity contribution is 5.91. The molecular weight excluding hydrogens is 401 g/mol. The summed E-state index contributed by atoms with van der Waals surface area (Å²) in [6.07, 6.45) is 3.50. The summed E-state index contributed by atoms with van der Waals surface area (Å²) >= 11 is 0. The van der Waals surface area contributed by atoms with Crippen molar-refractivity contribution in [3.63, 3.8) is 0 Å². The molecule has 0 aliphatic heterocycles. The van der Waals surface area contributed by atoms with E-state index in [0.29, 0.717) is 28.6 Å². The minimum Gasteiger partial charge on any atom is -0.441 e. The maximum Gasteiger partial charge on any atom is 0.269 e. The molecule has 4 aromatic rings. The molecule has 4 rings (SSSR count). The van der Waals surface area contributed by atoms with Crippen molar-refractivity contribution in [1.29, 1.82) is 0 Å². The first-order chi connectivity index (χ1) is 15.0. The van der Waals surface area contributed by atoms with E-state index in [4.69, 9.17) is 10.2 Å². The van der Waals surface area contributed by atoms with Crippen molar-refractivity contribution >= 4 is 17.5 Å². The molecule has 2 heterocycles. The van der Waals surface area contributed by atoms with Gasteiger partial charge in [0.1, 0.15) is 11.5 Å². The first kappa shape index (κ1) is 20.0. The van der Waals surface area contributed by atoms with E-state index >= 15 is 0 Å². The lowest BCUT2D eigenvalue weighted by Crippen LogP contribution is -2.13. The number of aromatic nitrogens is 3. The fourth-order valence-corrected chi connectivity index (χ4v) is 2.95. The fraction of sp³-hybridized carbons (Fsp3) is 0.0909. The van der Waals surface area contributed by atoms with Gasteiger partial charge in [-0.1, -0.05) is 12.1 Å². The number of hydrogen-bond donors (Lipinski definition) is 2. The summed E-state index contributed by atoms with van der Waals surface area (Å²) in [5.41, 5.74) is 7.02. The third-order valence-electron chi connectivity index (χ3n) is 4.52. The molecule has 0 aliphatic carbocycles. The van der Waals surface area contributed by atoms with Crippen molar-refractivity contribution in [3.05, 3.63) is 84.4 Å². The highest BCUT2D eigenvalue weighted by atomic mass is 19.1. The van der Waals surface area contributed by atoms with Crippen molar-refractivity contribution in [1.82, 2.24) is 14.8 Å². The fourth-order valence-electron chi connectivity index (χ4n) is 2.95. The van der Waals surface area contributed by atoms with Crippen LogP contribution in [-0.2, 0) is 11.2 Å². The zero-order valence-corrected chi connectivity index (χ0v) is 16.3. The van der Waals surface area contributed by atoms with Crippen LogP contribution in [0.1, 0.15) is 22.8 Å². The maximum absolute atomic E-state index is 13.8. The number of nitrogens with zero attached hydrogens (tertiary/aromatic N) is 3. The Kier molecular flexibility index (Phi) is 5.57. The number of carbonyl (C=O) groups excluding carboxylic acids is 2. The Morgan fingerprint density at radius 1 is 1.10 bits per heavy atom. The third kappa shape index (κ3) is 4.67. The lowest BCUT2D eigenvalue weighted by Gasteiger charge is -2.06. The van der Waals surface area contributed by atoms with Crippen molar-refractivity contribution in [2.24, 2.45) is 5.73 Å². The van der Waals surface area contributed by atoms with E-state index in [-0.39, 0.29) is 24.4 Å². The van der Waals surface area contributed by atoms with Crippen molar-refractivity contribution < 1.29 is 18.4 Å². The summed E-state index contributed by atoms with van der Waals surface area (Å²) in [6, 6.07) is 14.7. The molecule has 0 aliphatic rings. The number of halogens is 1. The maximum atomic E-state index is 13.8. The zero-order valence-electron chi connectivity index (χ0n) is 16.3. The normalized spacial score (nSPS) is 10.7. The predicted octanol–water partition coefficient (Wildman–Crippen LogP) is 3.34. The number of primary amides is 1. The number of anilines is 1. The average Bonchev–Trinajstić information content (AvgIpc) is 3.43. The second-order valence-corrected chi connectivity index (χ2v) is 6.70. The molecule has 0 saturated carbocycles. The highest BCUT2D eigenvalue weighted by Crippen LogP contribution is 2.23. The summed E-state index contributed by atoms with van der Waals surface area (Å²) in [5, 5.41) is 6.87. The molecule has 2 aromatic carbocycles. The molecule has 0 atom stereocenters. The highest BCUT2D eigenvalue weighted by Gasteiger charge is 2.12. The first-order valence-electron chi connectivity index (χ1n) is 9.45. The van der Waals surface area contributed by atoms with Crippen LogP contribution in [0.15, 0.2) is 71.4 Å². The molecule has 3 N–H and O–H groups in total. The number of rotatable bonds is 7. The molecule has 8 nitrogen and oxygen atoms in total. The zero-order chi connectivity index (χ0) is 21.8. The van der Waals surface area contributed by atoms with Gasteiger partial charge in [0, 0.05) is 24.7 Å². The molecule has 9 heteroatoms. The van der Waals surface area contributed by atoms with Crippen LogP contribution in [0, 0.1) is 5.82 Å². The average molecular weight is 419 g/mol. The standard InChI is InChI=1S/C22H18FN5O3/c23-17-4-2-1-3-16(17)19-13-25-21(31-19)10-9-20(29)26-14-5-7-15(8-6-14)28-12-11-18(27-28)22(24)30/h1-8,11-13H,9-10H2,(H2,24,30)(H,26,29). The van der Waals surface area contributed by atoms with Crippen LogP contribution in [0.2, 0.25) is 0 Å². The van der Waals surface area contributed by atoms with Gasteiger partial charge in [-0.3, -0.25) is 9.59 Å². The van der Waals surface area contributed by atoms with E-state index in [9.17, 15) is 14.0 Å². The van der Waals surface area contributed by atoms with E-state index in [2.05, 4.69) is 15.4 Å². The number of amides is 2. The molecule has 0 saturated heterocycles. The third-order valence-corrected chi connectivity index (χ3v) is 4.52. The van der Waals surface area contributed by atoms with Gasteiger partial charge >= 0.3 is 0 Å². The number of oxazole rings is 1. The Morgan fingerprint density at radius 3 is 2.58 bits per heavy atom. The van der Waals surface area contributed by atoms with Gasteiger partial charge in [0.05, 0.1) is 17.4 Å². The van der Waals surface area contributed by atoms with Crippen molar-refractivity contribution in [2.45, 2.75) is 12.8 Å². The van der Waals surface area contributed by atoms with Crippen LogP contribution >= 0.6 is 0 Å². The molecule has 0 radical (unpaired) electrons. The van der Waals surface area contributed by atoms with Gasteiger partial charge in [-0.15, -0.1) is 0 Å². The van der Waals surface area contributed by atoms with E-state index in [1.54, 1.807) is 48.7 Å².